The van der Waals surface area contributed by atoms with Gasteiger partial charge in [-0.2, -0.15) is 0 Å². The molecular formula is C10H17N3O2S. The number of nitrogens with zero attached hydrogens (tertiary/aromatic N) is 2. The molecule has 2 atom stereocenters. The van der Waals surface area contributed by atoms with E-state index in [1.807, 2.05) is 0 Å². The Balaban J connectivity index is 1.95. The molecule has 0 saturated carbocycles. The number of aryl methyl sites for hydroxylation is 1. The second-order valence-corrected chi connectivity index (χ2v) is 4.96. The first kappa shape index (κ1) is 11.9. The molecule has 5 nitrogen and oxygen atoms in total. The molecule has 0 radical (unpaired) electrons. The Morgan fingerprint density at radius 3 is 3.06 bits per heavy atom. The molecule has 1 aromatic heterocycles. The lowest BCUT2D eigenvalue weighted by atomic mass is 10.1. The van der Waals surface area contributed by atoms with E-state index in [1.165, 1.54) is 0 Å². The lowest BCUT2D eigenvalue weighted by Gasteiger charge is -2.30. The summed E-state index contributed by atoms with van der Waals surface area (Å²) in [6, 6.07) is 0.468. The Morgan fingerprint density at radius 2 is 2.38 bits per heavy atom. The highest BCUT2D eigenvalue weighted by atomic mass is 32.2. The zero-order chi connectivity index (χ0) is 11.4. The van der Waals surface area contributed by atoms with Crippen molar-refractivity contribution in [3.05, 3.63) is 5.89 Å². The lowest BCUT2D eigenvalue weighted by molar-refractivity contribution is 0.0834. The molecule has 1 N–H and O–H groups in total. The Bertz CT molecular complexity index is 330. The molecule has 1 aromatic rings. The summed E-state index contributed by atoms with van der Waals surface area (Å²) in [4.78, 5) is 0. The van der Waals surface area contributed by atoms with Crippen LogP contribution in [0.3, 0.4) is 0 Å². The maximum Gasteiger partial charge on any atom is 0.276 e. The molecule has 90 valence electrons. The minimum Gasteiger partial charge on any atom is -0.416 e. The number of nitrogens with one attached hydrogen (secondary N) is 1. The minimum atomic E-state index is 0.355. The van der Waals surface area contributed by atoms with Crippen LogP contribution in [0.1, 0.15) is 19.2 Å². The first-order valence-electron chi connectivity index (χ1n) is 5.57. The van der Waals surface area contributed by atoms with Gasteiger partial charge in [0.1, 0.15) is 0 Å². The second kappa shape index (κ2) is 5.65. The van der Waals surface area contributed by atoms with Crippen LogP contribution in [0.25, 0.3) is 0 Å². The molecule has 2 heterocycles. The van der Waals surface area contributed by atoms with Gasteiger partial charge in [-0.15, -0.1) is 10.2 Å². The molecule has 0 amide bonds. The molecule has 6 heteroatoms. The van der Waals surface area contributed by atoms with Gasteiger partial charge in [-0.1, -0.05) is 18.7 Å². The zero-order valence-electron chi connectivity index (χ0n) is 9.60. The van der Waals surface area contributed by atoms with Crippen LogP contribution >= 0.6 is 11.8 Å². The highest BCUT2D eigenvalue weighted by molar-refractivity contribution is 7.99. The van der Waals surface area contributed by atoms with Gasteiger partial charge < -0.3 is 14.5 Å². The van der Waals surface area contributed by atoms with Crippen LogP contribution in [0.15, 0.2) is 9.64 Å². The van der Waals surface area contributed by atoms with Crippen LogP contribution in [0.5, 0.6) is 0 Å². The van der Waals surface area contributed by atoms with Crippen molar-refractivity contribution in [2.75, 3.05) is 19.8 Å². The number of ether oxygens (including phenoxy) is 1. The summed E-state index contributed by atoms with van der Waals surface area (Å²) >= 11 is 1.61. The van der Waals surface area contributed by atoms with Crippen molar-refractivity contribution < 1.29 is 9.15 Å². The number of hydrogen-bond acceptors (Lipinski definition) is 6. The molecule has 1 fully saturated rings. The maximum absolute atomic E-state index is 5.49. The Hall–Kier alpha value is -0.590. The van der Waals surface area contributed by atoms with Gasteiger partial charge in [-0.05, 0) is 13.0 Å². The molecule has 1 aliphatic rings. The van der Waals surface area contributed by atoms with Gasteiger partial charge in [-0.25, -0.2) is 0 Å². The standard InChI is InChI=1S/C10H17N3O2S/c1-3-11-8-4-5-14-6-9(8)16-10-13-12-7(2)15-10/h8-9,11H,3-6H2,1-2H3. The first-order valence-corrected chi connectivity index (χ1v) is 6.45. The summed E-state index contributed by atoms with van der Waals surface area (Å²) in [5, 5.41) is 12.3. The van der Waals surface area contributed by atoms with Crippen LogP contribution in [0, 0.1) is 6.92 Å². The Kier molecular flexibility index (Phi) is 4.20. The van der Waals surface area contributed by atoms with Gasteiger partial charge in [0.15, 0.2) is 0 Å². The smallest absolute Gasteiger partial charge is 0.276 e. The van der Waals surface area contributed by atoms with Gasteiger partial charge in [0.05, 0.1) is 11.9 Å². The van der Waals surface area contributed by atoms with E-state index in [4.69, 9.17) is 9.15 Å². The maximum atomic E-state index is 5.49. The SMILES string of the molecule is CCNC1CCOCC1Sc1nnc(C)o1. The van der Waals surface area contributed by atoms with Crippen molar-refractivity contribution in [2.45, 2.75) is 36.8 Å². The van der Waals surface area contributed by atoms with E-state index in [0.29, 0.717) is 22.4 Å². The molecule has 2 unspecified atom stereocenters. The van der Waals surface area contributed by atoms with Crippen molar-refractivity contribution in [3.8, 4) is 0 Å². The van der Waals surface area contributed by atoms with Crippen LogP contribution in [0.2, 0.25) is 0 Å². The Morgan fingerprint density at radius 1 is 1.50 bits per heavy atom. The zero-order valence-corrected chi connectivity index (χ0v) is 10.4. The van der Waals surface area contributed by atoms with E-state index in [2.05, 4.69) is 22.4 Å². The first-order chi connectivity index (χ1) is 7.79. The molecule has 0 aliphatic carbocycles. The van der Waals surface area contributed by atoms with E-state index in [-0.39, 0.29) is 0 Å². The normalized spacial score (nSPS) is 25.9. The fourth-order valence-corrected chi connectivity index (χ4v) is 2.86. The second-order valence-electron chi connectivity index (χ2n) is 3.77. The van der Waals surface area contributed by atoms with Crippen LogP contribution in [-0.2, 0) is 4.74 Å². The summed E-state index contributed by atoms with van der Waals surface area (Å²) in [5.74, 6) is 0.610. The fourth-order valence-electron chi connectivity index (χ4n) is 1.78. The van der Waals surface area contributed by atoms with Crippen molar-refractivity contribution in [3.63, 3.8) is 0 Å². The molecule has 1 saturated heterocycles. The number of aromatic nitrogens is 2. The monoisotopic (exact) mass is 243 g/mol. The highest BCUT2D eigenvalue weighted by Gasteiger charge is 2.27. The molecular weight excluding hydrogens is 226 g/mol. The van der Waals surface area contributed by atoms with Crippen molar-refractivity contribution in [1.29, 1.82) is 0 Å². The van der Waals surface area contributed by atoms with Gasteiger partial charge >= 0.3 is 0 Å². The van der Waals surface area contributed by atoms with E-state index in [1.54, 1.807) is 18.7 Å². The summed E-state index contributed by atoms with van der Waals surface area (Å²) in [6.07, 6.45) is 1.04. The predicted octanol–water partition coefficient (Wildman–Crippen LogP) is 1.24. The number of thioether (sulfide) groups is 1. The highest BCUT2D eigenvalue weighted by Crippen LogP contribution is 2.27. The van der Waals surface area contributed by atoms with E-state index in [0.717, 1.165) is 26.2 Å². The quantitative estimate of drug-likeness (QED) is 0.858. The van der Waals surface area contributed by atoms with E-state index >= 15 is 0 Å². The molecule has 16 heavy (non-hydrogen) atoms. The van der Waals surface area contributed by atoms with Gasteiger partial charge in [-0.3, -0.25) is 0 Å². The van der Waals surface area contributed by atoms with Crippen molar-refractivity contribution in [2.24, 2.45) is 0 Å². The van der Waals surface area contributed by atoms with Gasteiger partial charge in [0.25, 0.3) is 5.22 Å². The molecule has 0 aromatic carbocycles. The lowest BCUT2D eigenvalue weighted by Crippen LogP contribution is -2.44. The largest absolute Gasteiger partial charge is 0.416 e. The average Bonchev–Trinajstić information content (AvgIpc) is 2.67. The van der Waals surface area contributed by atoms with Gasteiger partial charge in [0.2, 0.25) is 5.89 Å². The third-order valence-corrected chi connectivity index (χ3v) is 3.66. The predicted molar refractivity (Wildman–Crippen MR) is 61.6 cm³/mol. The minimum absolute atomic E-state index is 0.355. The van der Waals surface area contributed by atoms with E-state index in [9.17, 15) is 0 Å². The van der Waals surface area contributed by atoms with Crippen molar-refractivity contribution >= 4 is 11.8 Å². The summed E-state index contributed by atoms with van der Waals surface area (Å²) in [6.45, 7) is 6.47. The molecule has 0 spiro atoms. The number of hydrogen-bond donors (Lipinski definition) is 1. The topological polar surface area (TPSA) is 60.2 Å². The summed E-state index contributed by atoms with van der Waals surface area (Å²) in [5.41, 5.74) is 0. The van der Waals surface area contributed by atoms with Gasteiger partial charge in [0, 0.05) is 19.6 Å². The molecule has 0 bridgehead atoms. The number of rotatable bonds is 4. The van der Waals surface area contributed by atoms with Crippen LogP contribution in [0.4, 0.5) is 0 Å². The van der Waals surface area contributed by atoms with Crippen LogP contribution < -0.4 is 5.32 Å². The van der Waals surface area contributed by atoms with Crippen molar-refractivity contribution in [1.82, 2.24) is 15.5 Å². The average molecular weight is 243 g/mol. The fraction of sp³-hybridized carbons (Fsp3) is 0.800. The Labute approximate surface area is 99.3 Å². The van der Waals surface area contributed by atoms with E-state index < -0.39 is 0 Å². The molecule has 1 aliphatic heterocycles. The summed E-state index contributed by atoms with van der Waals surface area (Å²) in [7, 11) is 0. The summed E-state index contributed by atoms with van der Waals surface area (Å²) < 4.78 is 10.9. The van der Waals surface area contributed by atoms with Crippen LogP contribution in [-0.4, -0.2) is 41.2 Å². The third kappa shape index (κ3) is 2.96. The molecule has 2 rings (SSSR count). The third-order valence-electron chi connectivity index (χ3n) is 2.53.